The maximum absolute atomic E-state index is 13.2. The first-order valence-electron chi connectivity index (χ1n) is 9.55. The van der Waals surface area contributed by atoms with Crippen LogP contribution in [0.25, 0.3) is 0 Å². The topological polar surface area (TPSA) is 49.6 Å². The molecule has 0 bridgehead atoms. The first-order valence-corrected chi connectivity index (χ1v) is 10.4. The summed E-state index contributed by atoms with van der Waals surface area (Å²) in [6, 6.07) is 14.5. The predicted octanol–water partition coefficient (Wildman–Crippen LogP) is 3.33. The Morgan fingerprint density at radius 3 is 2.74 bits per heavy atom. The summed E-state index contributed by atoms with van der Waals surface area (Å²) < 4.78 is 0. The lowest BCUT2D eigenvalue weighted by atomic mass is 9.89. The third kappa shape index (κ3) is 4.67. The molecule has 1 aliphatic heterocycles. The van der Waals surface area contributed by atoms with Crippen molar-refractivity contribution >= 4 is 17.2 Å². The second-order valence-corrected chi connectivity index (χ2v) is 8.26. The van der Waals surface area contributed by atoms with Crippen LogP contribution in [-0.4, -0.2) is 47.9 Å². The van der Waals surface area contributed by atoms with Crippen LogP contribution in [0, 0.1) is 5.92 Å². The minimum absolute atomic E-state index is 0.160. The molecule has 27 heavy (non-hydrogen) atoms. The highest BCUT2D eigenvalue weighted by Crippen LogP contribution is 2.33. The van der Waals surface area contributed by atoms with E-state index in [0.717, 1.165) is 13.1 Å². The van der Waals surface area contributed by atoms with Gasteiger partial charge in [-0.05, 0) is 36.4 Å². The van der Waals surface area contributed by atoms with Crippen molar-refractivity contribution < 1.29 is 4.79 Å². The summed E-state index contributed by atoms with van der Waals surface area (Å²) in [4.78, 5) is 18.6. The molecule has 1 aromatic carbocycles. The van der Waals surface area contributed by atoms with E-state index in [2.05, 4.69) is 41.8 Å². The highest BCUT2D eigenvalue weighted by molar-refractivity contribution is 7.09. The number of carbonyl (C=O) groups excluding carboxylic acids is 1. The molecule has 144 valence electrons. The predicted molar refractivity (Wildman–Crippen MR) is 113 cm³/mol. The van der Waals surface area contributed by atoms with Gasteiger partial charge in [-0.15, -0.1) is 17.9 Å². The monoisotopic (exact) mass is 383 g/mol. The van der Waals surface area contributed by atoms with Gasteiger partial charge in [0.05, 0.1) is 12.6 Å². The van der Waals surface area contributed by atoms with Gasteiger partial charge >= 0.3 is 0 Å². The van der Waals surface area contributed by atoms with Crippen molar-refractivity contribution in [3.8, 4) is 0 Å². The Morgan fingerprint density at radius 2 is 2.11 bits per heavy atom. The zero-order valence-corrected chi connectivity index (χ0v) is 16.8. The summed E-state index contributed by atoms with van der Waals surface area (Å²) in [5, 5.41) is 2.05. The van der Waals surface area contributed by atoms with Gasteiger partial charge in [0.25, 0.3) is 0 Å². The van der Waals surface area contributed by atoms with Gasteiger partial charge in [0.15, 0.2) is 0 Å². The molecule has 2 N–H and O–H groups in total. The van der Waals surface area contributed by atoms with Gasteiger partial charge in [0.1, 0.15) is 0 Å². The van der Waals surface area contributed by atoms with E-state index in [-0.39, 0.29) is 11.9 Å². The molecule has 2 aromatic rings. The van der Waals surface area contributed by atoms with Crippen LogP contribution in [0.1, 0.15) is 23.3 Å². The van der Waals surface area contributed by atoms with Crippen LogP contribution in [0.3, 0.4) is 0 Å². The minimum atomic E-state index is -0.160. The number of amides is 1. The molecule has 1 unspecified atom stereocenters. The van der Waals surface area contributed by atoms with Crippen LogP contribution >= 0.6 is 11.3 Å². The Labute approximate surface area is 166 Å². The molecule has 1 fully saturated rings. The number of hydrogen-bond donors (Lipinski definition) is 1. The van der Waals surface area contributed by atoms with Crippen molar-refractivity contribution in [2.24, 2.45) is 11.7 Å². The molecule has 1 aliphatic rings. The fraction of sp³-hybridized carbons (Fsp3) is 0.409. The Morgan fingerprint density at radius 1 is 1.33 bits per heavy atom. The molecule has 0 spiro atoms. The molecule has 1 aromatic heterocycles. The second kappa shape index (κ2) is 9.31. The van der Waals surface area contributed by atoms with Crippen LogP contribution in [0.2, 0.25) is 0 Å². The third-order valence-corrected chi connectivity index (χ3v) is 6.35. The van der Waals surface area contributed by atoms with E-state index < -0.39 is 0 Å². The molecule has 1 saturated heterocycles. The van der Waals surface area contributed by atoms with E-state index >= 15 is 0 Å². The van der Waals surface area contributed by atoms with Gasteiger partial charge in [0.2, 0.25) is 5.91 Å². The molecule has 5 heteroatoms. The molecule has 0 saturated carbocycles. The molecule has 0 aliphatic carbocycles. The largest absolute Gasteiger partial charge is 0.332 e. The Kier molecular flexibility index (Phi) is 6.83. The number of rotatable bonds is 8. The first-order chi connectivity index (χ1) is 13.1. The maximum Gasteiger partial charge on any atom is 0.240 e. The minimum Gasteiger partial charge on any atom is -0.332 e. The molecule has 4 nitrogen and oxygen atoms in total. The van der Waals surface area contributed by atoms with Gasteiger partial charge in [-0.25, -0.2) is 0 Å². The average molecular weight is 384 g/mol. The summed E-state index contributed by atoms with van der Waals surface area (Å²) in [5.41, 5.74) is 7.38. The number of nitrogens with two attached hydrogens (primary N) is 1. The van der Waals surface area contributed by atoms with Crippen molar-refractivity contribution in [2.75, 3.05) is 26.2 Å². The lowest BCUT2D eigenvalue weighted by Crippen LogP contribution is -2.46. The van der Waals surface area contributed by atoms with Gasteiger partial charge in [0, 0.05) is 30.4 Å². The number of thiophene rings is 1. The van der Waals surface area contributed by atoms with Gasteiger partial charge in [-0.2, -0.15) is 0 Å². The summed E-state index contributed by atoms with van der Waals surface area (Å²) >= 11 is 1.68. The van der Waals surface area contributed by atoms with E-state index in [4.69, 9.17) is 5.73 Å². The zero-order chi connectivity index (χ0) is 19.2. The highest BCUT2D eigenvalue weighted by atomic mass is 32.1. The summed E-state index contributed by atoms with van der Waals surface area (Å²) in [5.74, 6) is 0.928. The molecule has 1 amide bonds. The smallest absolute Gasteiger partial charge is 0.240 e. The lowest BCUT2D eigenvalue weighted by molar-refractivity contribution is -0.136. The number of hydrogen-bond acceptors (Lipinski definition) is 4. The summed E-state index contributed by atoms with van der Waals surface area (Å²) in [6.45, 7) is 9.44. The highest BCUT2D eigenvalue weighted by Gasteiger charge is 2.37. The lowest BCUT2D eigenvalue weighted by Gasteiger charge is -2.29. The van der Waals surface area contributed by atoms with E-state index in [1.807, 2.05) is 29.3 Å². The van der Waals surface area contributed by atoms with Crippen molar-refractivity contribution in [2.45, 2.75) is 25.4 Å². The fourth-order valence-electron chi connectivity index (χ4n) is 3.94. The Balaban J connectivity index is 1.70. The summed E-state index contributed by atoms with van der Waals surface area (Å²) in [6.07, 6.45) is 1.80. The maximum atomic E-state index is 13.2. The van der Waals surface area contributed by atoms with E-state index in [0.29, 0.717) is 31.5 Å². The van der Waals surface area contributed by atoms with Crippen LogP contribution in [0.15, 0.2) is 60.5 Å². The second-order valence-electron chi connectivity index (χ2n) is 7.23. The van der Waals surface area contributed by atoms with Gasteiger partial charge in [-0.1, -0.05) is 42.5 Å². The molecular formula is C22H29N3OS. The van der Waals surface area contributed by atoms with E-state index in [1.54, 1.807) is 17.4 Å². The van der Waals surface area contributed by atoms with Crippen molar-refractivity contribution in [1.29, 1.82) is 0 Å². The Bertz CT molecular complexity index is 731. The number of benzene rings is 1. The first kappa shape index (κ1) is 19.8. The van der Waals surface area contributed by atoms with Crippen LogP contribution < -0.4 is 5.73 Å². The number of carbonyl (C=O) groups is 1. The number of likely N-dealkylation sites (tertiary alicyclic amines) is 1. The van der Waals surface area contributed by atoms with Crippen molar-refractivity contribution in [3.05, 3.63) is 70.9 Å². The number of nitrogens with zero attached hydrogens (tertiary/aromatic N) is 2. The third-order valence-electron chi connectivity index (χ3n) is 5.49. The summed E-state index contributed by atoms with van der Waals surface area (Å²) in [7, 11) is 0. The van der Waals surface area contributed by atoms with Crippen molar-refractivity contribution in [1.82, 2.24) is 9.80 Å². The quantitative estimate of drug-likeness (QED) is 0.712. The molecule has 2 heterocycles. The van der Waals surface area contributed by atoms with E-state index in [1.165, 1.54) is 10.4 Å². The molecular weight excluding hydrogens is 354 g/mol. The van der Waals surface area contributed by atoms with E-state index in [9.17, 15) is 4.79 Å². The Hall–Kier alpha value is -1.95. The zero-order valence-electron chi connectivity index (χ0n) is 16.0. The molecule has 3 rings (SSSR count). The van der Waals surface area contributed by atoms with Gasteiger partial charge < -0.3 is 10.6 Å². The van der Waals surface area contributed by atoms with Gasteiger partial charge in [-0.3, -0.25) is 9.69 Å². The van der Waals surface area contributed by atoms with Crippen LogP contribution in [-0.2, 0) is 11.3 Å². The standard InChI is InChI=1S/C22H29N3OS/c1-3-11-24(15-20-10-7-12-27-20)22(26)17(2)25-14-19(13-23)21(16-25)18-8-5-4-6-9-18/h3-10,12,17,19,21H,1,11,13-16,23H2,2H3/t17?,19-,21+/m1/s1. The molecule has 0 radical (unpaired) electrons. The van der Waals surface area contributed by atoms with Crippen molar-refractivity contribution in [3.63, 3.8) is 0 Å². The fourth-order valence-corrected chi connectivity index (χ4v) is 4.66. The van der Waals surface area contributed by atoms with Crippen LogP contribution in [0.4, 0.5) is 0 Å². The molecule has 3 atom stereocenters. The average Bonchev–Trinajstić information content (AvgIpc) is 3.36. The normalized spacial score (nSPS) is 21.1. The van der Waals surface area contributed by atoms with Crippen LogP contribution in [0.5, 0.6) is 0 Å². The SMILES string of the molecule is C=CCN(Cc1cccs1)C(=O)C(C)N1C[C@@H](CN)[C@H](c2ccccc2)C1.